The van der Waals surface area contributed by atoms with Crippen LogP contribution in [-0.4, -0.2) is 102 Å². The summed E-state index contributed by atoms with van der Waals surface area (Å²) in [6.07, 6.45) is 0. The number of ether oxygens (including phenoxy) is 3. The van der Waals surface area contributed by atoms with Crippen molar-refractivity contribution in [1.82, 2.24) is 20.4 Å². The highest BCUT2D eigenvalue weighted by Gasteiger charge is 2.10. The van der Waals surface area contributed by atoms with Crippen molar-refractivity contribution < 1.29 is 18.6 Å². The summed E-state index contributed by atoms with van der Waals surface area (Å²) in [5, 5.41) is 6.95. The van der Waals surface area contributed by atoms with Crippen LogP contribution < -0.4 is 10.6 Å². The van der Waals surface area contributed by atoms with Crippen molar-refractivity contribution in [2.24, 2.45) is 0 Å². The van der Waals surface area contributed by atoms with Gasteiger partial charge in [0, 0.05) is 52.4 Å². The van der Waals surface area contributed by atoms with Crippen molar-refractivity contribution in [2.75, 3.05) is 92.0 Å². The maximum absolute atomic E-state index is 5.92. The lowest BCUT2D eigenvalue weighted by atomic mass is 10.4. The number of hydrogen-bond donors (Lipinski definition) is 2. The van der Waals surface area contributed by atoms with Crippen LogP contribution in [0.4, 0.5) is 0 Å². The van der Waals surface area contributed by atoms with Gasteiger partial charge in [-0.2, -0.15) is 0 Å². The first-order valence-corrected chi connectivity index (χ1v) is 10.6. The van der Waals surface area contributed by atoms with Gasteiger partial charge in [-0.3, -0.25) is 9.80 Å². The summed E-state index contributed by atoms with van der Waals surface area (Å²) in [5.41, 5.74) is 0. The topological polar surface area (TPSA) is 71.4 Å². The van der Waals surface area contributed by atoms with E-state index in [9.17, 15) is 0 Å². The lowest BCUT2D eigenvalue weighted by Gasteiger charge is -2.24. The molecule has 1 aromatic heterocycles. The summed E-state index contributed by atoms with van der Waals surface area (Å²) in [6.45, 7) is 13.2. The molecular weight excluding hydrogens is 360 g/mol. The van der Waals surface area contributed by atoms with Crippen molar-refractivity contribution in [1.29, 1.82) is 0 Å². The van der Waals surface area contributed by atoms with E-state index in [1.807, 2.05) is 0 Å². The molecule has 0 aliphatic carbocycles. The lowest BCUT2D eigenvalue weighted by Crippen LogP contribution is -2.38. The minimum absolute atomic E-state index is 0.657. The molecule has 0 aromatic carbocycles. The first-order chi connectivity index (χ1) is 13.9. The maximum Gasteiger partial charge on any atom is 0.118 e. The molecule has 1 fully saturated rings. The average Bonchev–Trinajstić information content (AvgIpc) is 3.14. The van der Waals surface area contributed by atoms with Crippen LogP contribution in [0, 0.1) is 0 Å². The van der Waals surface area contributed by atoms with Gasteiger partial charge in [-0.15, -0.1) is 0 Å². The van der Waals surface area contributed by atoms with E-state index < -0.39 is 0 Å². The predicted octanol–water partition coefficient (Wildman–Crippen LogP) is 0.140. The third-order valence-electron chi connectivity index (χ3n) is 5.10. The number of rotatable bonds is 0. The van der Waals surface area contributed by atoms with Gasteiger partial charge in [0.15, 0.2) is 0 Å². The van der Waals surface area contributed by atoms with Crippen LogP contribution in [0.3, 0.4) is 0 Å². The Balaban J connectivity index is 1.60. The molecule has 2 aliphatic rings. The Kier molecular flexibility index (Phi) is 10.3. The molecule has 0 spiro atoms. The molecule has 28 heavy (non-hydrogen) atoms. The zero-order valence-corrected chi connectivity index (χ0v) is 17.0. The second kappa shape index (κ2) is 13.3. The highest BCUT2D eigenvalue weighted by molar-refractivity contribution is 5.06. The van der Waals surface area contributed by atoms with Gasteiger partial charge in [-0.25, -0.2) is 0 Å². The highest BCUT2D eigenvalue weighted by Crippen LogP contribution is 2.07. The standard InChI is InChI=1S/C20H36N4O4/c1-2-20-18-22-4-6-24-8-12-25-11-7-23(5-3-21-17-19(1)28-20)9-13-26-15-16-27-14-10-24/h1-2,21-22H,3-18H2. The normalized spacial score (nSPS) is 27.9. The average molecular weight is 397 g/mol. The van der Waals surface area contributed by atoms with Crippen LogP contribution in [0.5, 0.6) is 0 Å². The van der Waals surface area contributed by atoms with E-state index in [-0.39, 0.29) is 0 Å². The van der Waals surface area contributed by atoms with Gasteiger partial charge in [0.2, 0.25) is 0 Å². The molecule has 3 heterocycles. The monoisotopic (exact) mass is 396 g/mol. The minimum Gasteiger partial charge on any atom is -0.463 e. The van der Waals surface area contributed by atoms with E-state index in [0.29, 0.717) is 13.2 Å². The summed E-state index contributed by atoms with van der Waals surface area (Å²) >= 11 is 0. The summed E-state index contributed by atoms with van der Waals surface area (Å²) in [4.78, 5) is 4.79. The fourth-order valence-corrected chi connectivity index (χ4v) is 3.38. The second-order valence-corrected chi connectivity index (χ2v) is 7.24. The number of fused-ring (bicyclic) bond motifs is 8. The summed E-state index contributed by atoms with van der Waals surface area (Å²) in [7, 11) is 0. The van der Waals surface area contributed by atoms with E-state index >= 15 is 0 Å². The van der Waals surface area contributed by atoms with Crippen LogP contribution in [-0.2, 0) is 27.3 Å². The van der Waals surface area contributed by atoms with Gasteiger partial charge in [0.05, 0.1) is 52.7 Å². The minimum atomic E-state index is 0.657. The Morgan fingerprint density at radius 3 is 1.46 bits per heavy atom. The number of hydrogen-bond acceptors (Lipinski definition) is 8. The van der Waals surface area contributed by atoms with Gasteiger partial charge < -0.3 is 29.3 Å². The second-order valence-electron chi connectivity index (χ2n) is 7.24. The van der Waals surface area contributed by atoms with Crippen LogP contribution in [0.15, 0.2) is 16.5 Å². The van der Waals surface area contributed by atoms with Crippen LogP contribution in [0.2, 0.25) is 0 Å². The quantitative estimate of drug-likeness (QED) is 0.600. The van der Waals surface area contributed by atoms with E-state index in [2.05, 4.69) is 32.6 Å². The SMILES string of the molecule is c1cc2oc1CNCCN1CCOCCOCCN(CCNC2)CCOCC1. The van der Waals surface area contributed by atoms with E-state index in [4.69, 9.17) is 18.6 Å². The largest absolute Gasteiger partial charge is 0.463 e. The Morgan fingerprint density at radius 1 is 0.571 bits per heavy atom. The van der Waals surface area contributed by atoms with Crippen molar-refractivity contribution in [3.05, 3.63) is 23.7 Å². The molecule has 0 amide bonds. The molecule has 160 valence electrons. The third kappa shape index (κ3) is 8.57. The van der Waals surface area contributed by atoms with Gasteiger partial charge in [-0.05, 0) is 12.1 Å². The Labute approximate surface area is 168 Å². The maximum atomic E-state index is 5.92. The van der Waals surface area contributed by atoms with Gasteiger partial charge in [0.25, 0.3) is 0 Å². The first-order valence-electron chi connectivity index (χ1n) is 10.6. The molecule has 2 atom stereocenters. The van der Waals surface area contributed by atoms with E-state index in [0.717, 1.165) is 103 Å². The van der Waals surface area contributed by atoms with Crippen LogP contribution >= 0.6 is 0 Å². The van der Waals surface area contributed by atoms with Gasteiger partial charge in [0.1, 0.15) is 11.5 Å². The smallest absolute Gasteiger partial charge is 0.118 e. The summed E-state index contributed by atoms with van der Waals surface area (Å²) in [5.74, 6) is 1.97. The molecule has 1 aromatic rings. The van der Waals surface area contributed by atoms with E-state index in [1.165, 1.54) is 0 Å². The zero-order chi connectivity index (χ0) is 19.3. The van der Waals surface area contributed by atoms with Gasteiger partial charge >= 0.3 is 0 Å². The Hall–Kier alpha value is -1.00. The van der Waals surface area contributed by atoms with Crippen LogP contribution in [0.1, 0.15) is 11.5 Å². The summed E-state index contributed by atoms with van der Waals surface area (Å²) < 4.78 is 23.3. The lowest BCUT2D eigenvalue weighted by molar-refractivity contribution is 0.0324. The molecule has 8 nitrogen and oxygen atoms in total. The molecule has 0 radical (unpaired) electrons. The molecule has 2 unspecified atom stereocenters. The number of nitrogens with zero attached hydrogens (tertiary/aromatic N) is 2. The van der Waals surface area contributed by atoms with Crippen molar-refractivity contribution in [3.63, 3.8) is 0 Å². The molecule has 2 N–H and O–H groups in total. The van der Waals surface area contributed by atoms with E-state index in [1.54, 1.807) is 0 Å². The van der Waals surface area contributed by atoms with Crippen LogP contribution in [0.25, 0.3) is 0 Å². The third-order valence-corrected chi connectivity index (χ3v) is 5.10. The van der Waals surface area contributed by atoms with Crippen molar-refractivity contribution in [2.45, 2.75) is 13.1 Å². The first kappa shape index (κ1) is 21.7. The molecule has 1 saturated heterocycles. The molecule has 4 bridgehead atoms. The zero-order valence-electron chi connectivity index (χ0n) is 17.0. The fourth-order valence-electron chi connectivity index (χ4n) is 3.38. The fraction of sp³-hybridized carbons (Fsp3) is 0.800. The number of furan rings is 1. The molecule has 2 aliphatic heterocycles. The Bertz CT molecular complexity index is 486. The predicted molar refractivity (Wildman–Crippen MR) is 107 cm³/mol. The molecule has 8 heteroatoms. The highest BCUT2D eigenvalue weighted by atomic mass is 16.5. The van der Waals surface area contributed by atoms with Crippen molar-refractivity contribution in [3.8, 4) is 0 Å². The number of nitrogens with one attached hydrogen (secondary N) is 2. The van der Waals surface area contributed by atoms with Crippen molar-refractivity contribution >= 4 is 0 Å². The molecular formula is C20H36N4O4. The molecule has 3 rings (SSSR count). The Morgan fingerprint density at radius 2 is 1.00 bits per heavy atom. The van der Waals surface area contributed by atoms with Gasteiger partial charge in [-0.1, -0.05) is 0 Å². The summed E-state index contributed by atoms with van der Waals surface area (Å²) in [6, 6.07) is 4.13. The molecule has 0 saturated carbocycles.